The number of aliphatic hydroxyl groups excluding tert-OH is 2. The highest BCUT2D eigenvalue weighted by Gasteiger charge is 2.62. The summed E-state index contributed by atoms with van der Waals surface area (Å²) in [5.74, 6) is -2.53. The van der Waals surface area contributed by atoms with Crippen molar-refractivity contribution in [3.05, 3.63) is 47.7 Å². The topological polar surface area (TPSA) is 143 Å². The van der Waals surface area contributed by atoms with Gasteiger partial charge in [0.2, 0.25) is 6.29 Å². The van der Waals surface area contributed by atoms with Crippen LogP contribution in [0.15, 0.2) is 42.2 Å². The van der Waals surface area contributed by atoms with Gasteiger partial charge in [-0.25, -0.2) is 4.79 Å². The van der Waals surface area contributed by atoms with Crippen molar-refractivity contribution in [3.8, 4) is 5.75 Å². The number of aromatic hydroxyl groups is 1. The predicted octanol–water partition coefficient (Wildman–Crippen LogP) is 1.89. The van der Waals surface area contributed by atoms with Gasteiger partial charge in [0, 0.05) is 18.4 Å². The van der Waals surface area contributed by atoms with E-state index in [1.54, 1.807) is 12.1 Å². The molecule has 9 nitrogen and oxygen atoms in total. The van der Waals surface area contributed by atoms with Crippen molar-refractivity contribution < 1.29 is 44.2 Å². The van der Waals surface area contributed by atoms with Crippen LogP contribution in [0, 0.1) is 17.8 Å². The Kier molecular flexibility index (Phi) is 8.35. The highest BCUT2D eigenvalue weighted by Crippen LogP contribution is 2.50. The number of fused-ring (bicyclic) bond motifs is 1. The van der Waals surface area contributed by atoms with Crippen LogP contribution < -0.4 is 0 Å². The predicted molar refractivity (Wildman–Crippen MR) is 121 cm³/mol. The van der Waals surface area contributed by atoms with E-state index in [9.17, 15) is 30.0 Å². The van der Waals surface area contributed by atoms with E-state index in [1.165, 1.54) is 30.5 Å². The van der Waals surface area contributed by atoms with Crippen LogP contribution in [0.25, 0.3) is 6.08 Å². The SMILES string of the molecule is CC[C@@H](C)CC(=O)O[C@@H]1OC=C(CO)[C@H]2C[C@H](OC(=O)/C=C/c3ccc(O)cc3)[C@](O)(CO)[C@@H]12. The molecule has 0 amide bonds. The largest absolute Gasteiger partial charge is 0.508 e. The van der Waals surface area contributed by atoms with E-state index in [1.807, 2.05) is 13.8 Å². The van der Waals surface area contributed by atoms with Crippen LogP contribution in [-0.4, -0.2) is 63.6 Å². The number of benzene rings is 1. The van der Waals surface area contributed by atoms with Crippen LogP contribution in [0.1, 0.15) is 38.7 Å². The summed E-state index contributed by atoms with van der Waals surface area (Å²) in [6.45, 7) is 2.74. The maximum absolute atomic E-state index is 12.5. The third-order valence-electron chi connectivity index (χ3n) is 6.62. The number of phenols is 1. The number of carbonyl (C=O) groups excluding carboxylic acids is 2. The van der Waals surface area contributed by atoms with Crippen molar-refractivity contribution in [1.82, 2.24) is 0 Å². The Balaban J connectivity index is 1.77. The minimum atomic E-state index is -1.96. The summed E-state index contributed by atoms with van der Waals surface area (Å²) in [6, 6.07) is 6.17. The van der Waals surface area contributed by atoms with Crippen molar-refractivity contribution in [3.63, 3.8) is 0 Å². The van der Waals surface area contributed by atoms with Crippen molar-refractivity contribution >= 4 is 18.0 Å². The standard InChI is InChI=1S/C25H32O9/c1-3-15(2)10-22(30)34-24-23-19(17(12-26)13-32-24)11-20(25(23,31)14-27)33-21(29)9-6-16-4-7-18(28)8-5-16/h4-9,13,15,19-20,23-24,26-28,31H,3,10-12,14H2,1-2H3/b9-6+/t15-,19-,20+,23-,24+,25-/m1/s1. The molecule has 1 fully saturated rings. The highest BCUT2D eigenvalue weighted by molar-refractivity contribution is 5.87. The Labute approximate surface area is 198 Å². The van der Waals surface area contributed by atoms with Gasteiger partial charge in [-0.2, -0.15) is 0 Å². The molecule has 0 spiro atoms. The number of carbonyl (C=O) groups is 2. The van der Waals surface area contributed by atoms with E-state index in [-0.39, 0.29) is 31.1 Å². The maximum atomic E-state index is 12.5. The van der Waals surface area contributed by atoms with Gasteiger partial charge in [-0.1, -0.05) is 32.4 Å². The normalized spacial score (nSPS) is 29.1. The molecule has 3 rings (SSSR count). The molecule has 4 N–H and O–H groups in total. The van der Waals surface area contributed by atoms with Crippen LogP contribution in [-0.2, 0) is 23.8 Å². The summed E-state index contributed by atoms with van der Waals surface area (Å²) in [7, 11) is 0. The van der Waals surface area contributed by atoms with E-state index in [2.05, 4.69) is 0 Å². The molecule has 1 aromatic rings. The Hall–Kier alpha value is -2.88. The minimum Gasteiger partial charge on any atom is -0.508 e. The molecule has 0 unspecified atom stereocenters. The molecule has 1 aromatic carbocycles. The van der Waals surface area contributed by atoms with Gasteiger partial charge in [-0.05, 0) is 41.7 Å². The van der Waals surface area contributed by atoms with Crippen LogP contribution in [0.2, 0.25) is 0 Å². The lowest BCUT2D eigenvalue weighted by molar-refractivity contribution is -0.221. The van der Waals surface area contributed by atoms with Crippen LogP contribution >= 0.6 is 0 Å². The summed E-state index contributed by atoms with van der Waals surface area (Å²) < 4.78 is 16.5. The Morgan fingerprint density at radius 2 is 1.94 bits per heavy atom. The van der Waals surface area contributed by atoms with Crippen LogP contribution in [0.4, 0.5) is 0 Å². The molecule has 9 heteroatoms. The third-order valence-corrected chi connectivity index (χ3v) is 6.62. The lowest BCUT2D eigenvalue weighted by Crippen LogP contribution is -2.54. The second kappa shape index (κ2) is 11.0. The molecule has 34 heavy (non-hydrogen) atoms. The first-order valence-electron chi connectivity index (χ1n) is 11.4. The van der Waals surface area contributed by atoms with Gasteiger partial charge in [-0.3, -0.25) is 4.79 Å². The first-order chi connectivity index (χ1) is 16.2. The van der Waals surface area contributed by atoms with E-state index in [4.69, 9.17) is 14.2 Å². The number of ether oxygens (including phenoxy) is 3. The Bertz CT molecular complexity index is 923. The van der Waals surface area contributed by atoms with Gasteiger partial charge in [0.1, 0.15) is 17.5 Å². The molecular formula is C25H32O9. The Morgan fingerprint density at radius 1 is 1.24 bits per heavy atom. The van der Waals surface area contributed by atoms with Crippen molar-refractivity contribution in [1.29, 1.82) is 0 Å². The second-order valence-electron chi connectivity index (χ2n) is 8.93. The first kappa shape index (κ1) is 25.7. The van der Waals surface area contributed by atoms with E-state index >= 15 is 0 Å². The molecule has 0 bridgehead atoms. The zero-order valence-corrected chi connectivity index (χ0v) is 19.3. The zero-order chi connectivity index (χ0) is 24.9. The van der Waals surface area contributed by atoms with Crippen LogP contribution in [0.3, 0.4) is 0 Å². The van der Waals surface area contributed by atoms with Crippen molar-refractivity contribution in [2.45, 2.75) is 51.1 Å². The number of aliphatic hydroxyl groups is 3. The summed E-state index contributed by atoms with van der Waals surface area (Å²) in [6.07, 6.45) is 2.70. The van der Waals surface area contributed by atoms with Gasteiger partial charge in [0.25, 0.3) is 0 Å². The lowest BCUT2D eigenvalue weighted by atomic mass is 9.80. The number of rotatable bonds is 9. The van der Waals surface area contributed by atoms with Crippen molar-refractivity contribution in [2.75, 3.05) is 13.2 Å². The van der Waals surface area contributed by atoms with Gasteiger partial charge in [-0.15, -0.1) is 0 Å². The van der Waals surface area contributed by atoms with Gasteiger partial charge >= 0.3 is 11.9 Å². The van der Waals surface area contributed by atoms with Gasteiger partial charge in [0.05, 0.1) is 25.4 Å². The summed E-state index contributed by atoms with van der Waals surface area (Å²) in [4.78, 5) is 24.9. The quantitative estimate of drug-likeness (QED) is 0.310. The number of hydrogen-bond donors (Lipinski definition) is 4. The molecule has 0 radical (unpaired) electrons. The fourth-order valence-corrected chi connectivity index (χ4v) is 4.43. The Morgan fingerprint density at radius 3 is 2.56 bits per heavy atom. The average Bonchev–Trinajstić information content (AvgIpc) is 3.11. The molecule has 0 aromatic heterocycles. The molecule has 1 aliphatic heterocycles. The summed E-state index contributed by atoms with van der Waals surface area (Å²) >= 11 is 0. The monoisotopic (exact) mass is 476 g/mol. The molecule has 0 saturated heterocycles. The average molecular weight is 477 g/mol. The molecule has 1 aliphatic carbocycles. The van der Waals surface area contributed by atoms with Crippen molar-refractivity contribution in [2.24, 2.45) is 17.8 Å². The van der Waals surface area contributed by atoms with Gasteiger partial charge < -0.3 is 34.6 Å². The lowest BCUT2D eigenvalue weighted by Gasteiger charge is -2.39. The maximum Gasteiger partial charge on any atom is 0.331 e. The molecular weight excluding hydrogens is 444 g/mol. The minimum absolute atomic E-state index is 0.0932. The number of phenolic OH excluding ortho intramolecular Hbond substituents is 1. The summed E-state index contributed by atoms with van der Waals surface area (Å²) in [5.41, 5.74) is -0.855. The smallest absolute Gasteiger partial charge is 0.331 e. The first-order valence-corrected chi connectivity index (χ1v) is 11.4. The molecule has 1 saturated carbocycles. The van der Waals surface area contributed by atoms with E-state index < -0.39 is 48.4 Å². The number of hydrogen-bond acceptors (Lipinski definition) is 9. The van der Waals surface area contributed by atoms with E-state index in [0.29, 0.717) is 11.1 Å². The third kappa shape index (κ3) is 5.60. The highest BCUT2D eigenvalue weighted by atomic mass is 16.7. The zero-order valence-electron chi connectivity index (χ0n) is 19.3. The number of esters is 2. The van der Waals surface area contributed by atoms with Gasteiger partial charge in [0.15, 0.2) is 0 Å². The van der Waals surface area contributed by atoms with Crippen LogP contribution in [0.5, 0.6) is 5.75 Å². The molecule has 186 valence electrons. The fraction of sp³-hybridized carbons (Fsp3) is 0.520. The van der Waals surface area contributed by atoms with E-state index in [0.717, 1.165) is 6.42 Å². The second-order valence-corrected chi connectivity index (χ2v) is 8.93. The summed E-state index contributed by atoms with van der Waals surface area (Å²) in [5, 5.41) is 40.6. The molecule has 6 atom stereocenters. The fourth-order valence-electron chi connectivity index (χ4n) is 4.43. The molecule has 1 heterocycles. The molecule has 2 aliphatic rings.